The van der Waals surface area contributed by atoms with Gasteiger partial charge in [-0.1, -0.05) is 13.5 Å². The molecule has 0 aromatic carbocycles. The number of methoxy groups -OCH3 is 2. The van der Waals surface area contributed by atoms with E-state index >= 15 is 0 Å². The summed E-state index contributed by atoms with van der Waals surface area (Å²) in [5.74, 6) is -0.863. The molecule has 18 nitrogen and oxygen atoms in total. The molecule has 6 unspecified atom stereocenters. The molecule has 0 heterocycles. The second-order valence-electron chi connectivity index (χ2n) is 9.00. The second-order valence-corrected chi connectivity index (χ2v) is 9.00. The van der Waals surface area contributed by atoms with Gasteiger partial charge in [0.05, 0.1) is 40.4 Å². The third-order valence-corrected chi connectivity index (χ3v) is 5.60. The van der Waals surface area contributed by atoms with E-state index in [0.29, 0.717) is 6.54 Å². The Balaban J connectivity index is 4.85. The molecular weight excluding hydrogens is 548 g/mol. The fraction of sp³-hybridized carbons (Fsp3) is 0.826. The monoisotopic (exact) mass is 598 g/mol. The molecule has 0 spiro atoms. The Morgan fingerprint density at radius 3 is 1.88 bits per heavy atom. The van der Waals surface area contributed by atoms with Crippen molar-refractivity contribution in [2.24, 2.45) is 5.73 Å². The first kappa shape index (κ1) is 39.0. The number of hydrogen-bond donors (Lipinski definition) is 12. The number of amides is 1. The van der Waals surface area contributed by atoms with Crippen LogP contribution in [0.4, 0.5) is 0 Å². The Morgan fingerprint density at radius 2 is 1.32 bits per heavy atom. The van der Waals surface area contributed by atoms with Crippen molar-refractivity contribution in [3.05, 3.63) is 12.3 Å². The van der Waals surface area contributed by atoms with Gasteiger partial charge in [-0.25, -0.2) is 0 Å². The number of carbonyl (C=O) groups excluding carboxylic acids is 2. The molecule has 6 atom stereocenters. The summed E-state index contributed by atoms with van der Waals surface area (Å²) in [5.41, 5.74) is 5.31. The molecule has 13 N–H and O–H groups in total. The lowest BCUT2D eigenvalue weighted by Gasteiger charge is -2.30. The highest BCUT2D eigenvalue weighted by atomic mass is 16.5. The SMILES string of the molecule is C=C(CN(CC(=O)NCC(O)NCC)C(O)CNC(O)CNC(O)CN(CC(=O)OC)C(O)CNC(O)CN)OC. The highest BCUT2D eigenvalue weighted by Gasteiger charge is 2.24. The molecule has 0 aliphatic rings. The average molecular weight is 599 g/mol. The van der Waals surface area contributed by atoms with Crippen LogP contribution < -0.4 is 32.3 Å². The smallest absolute Gasteiger partial charge is 0.319 e. The second kappa shape index (κ2) is 22.5. The van der Waals surface area contributed by atoms with E-state index in [1.165, 1.54) is 24.0 Å². The Kier molecular flexibility index (Phi) is 21.4. The number of aliphatic hydroxyl groups is 6. The third kappa shape index (κ3) is 18.9. The Bertz CT molecular complexity index is 741. The number of nitrogens with two attached hydrogens (primary N) is 1. The summed E-state index contributed by atoms with van der Waals surface area (Å²) in [4.78, 5) is 26.6. The average Bonchev–Trinajstić information content (AvgIpc) is 2.95. The van der Waals surface area contributed by atoms with Gasteiger partial charge in [0.2, 0.25) is 5.91 Å². The predicted octanol–water partition coefficient (Wildman–Crippen LogP) is -6.71. The number of nitrogens with zero attached hydrogens (tertiary/aromatic N) is 2. The van der Waals surface area contributed by atoms with Gasteiger partial charge in [0, 0.05) is 32.7 Å². The molecule has 242 valence electrons. The van der Waals surface area contributed by atoms with E-state index in [9.17, 15) is 40.2 Å². The highest BCUT2D eigenvalue weighted by molar-refractivity contribution is 5.78. The minimum absolute atomic E-state index is 0.00507. The van der Waals surface area contributed by atoms with E-state index in [2.05, 4.69) is 37.9 Å². The van der Waals surface area contributed by atoms with Crippen LogP contribution in [0.15, 0.2) is 12.3 Å². The lowest BCUT2D eigenvalue weighted by atomic mass is 10.3. The number of hydrogen-bond acceptors (Lipinski definition) is 17. The number of nitrogens with one attached hydrogen (secondary N) is 5. The molecule has 0 aromatic rings. The predicted molar refractivity (Wildman–Crippen MR) is 147 cm³/mol. The summed E-state index contributed by atoms with van der Waals surface area (Å²) in [6.45, 7) is 4.45. The summed E-state index contributed by atoms with van der Waals surface area (Å²) in [7, 11) is 2.56. The largest absolute Gasteiger partial charge is 0.500 e. The van der Waals surface area contributed by atoms with Crippen molar-refractivity contribution in [1.29, 1.82) is 0 Å². The Morgan fingerprint density at radius 1 is 0.756 bits per heavy atom. The van der Waals surface area contributed by atoms with Gasteiger partial charge in [-0.05, 0) is 6.54 Å². The molecule has 41 heavy (non-hydrogen) atoms. The van der Waals surface area contributed by atoms with Gasteiger partial charge in [-0.3, -0.25) is 40.7 Å². The lowest BCUT2D eigenvalue weighted by Crippen LogP contribution is -2.54. The zero-order valence-electron chi connectivity index (χ0n) is 24.0. The number of ether oxygens (including phenoxy) is 2. The van der Waals surface area contributed by atoms with Gasteiger partial charge in [0.25, 0.3) is 0 Å². The van der Waals surface area contributed by atoms with Crippen molar-refractivity contribution < 1.29 is 49.7 Å². The molecular formula is C23H50N8O10. The van der Waals surface area contributed by atoms with Gasteiger partial charge >= 0.3 is 5.97 Å². The molecule has 18 heteroatoms. The zero-order valence-corrected chi connectivity index (χ0v) is 24.0. The van der Waals surface area contributed by atoms with Gasteiger partial charge < -0.3 is 51.2 Å². The van der Waals surface area contributed by atoms with Gasteiger partial charge in [-0.15, -0.1) is 0 Å². The van der Waals surface area contributed by atoms with Crippen LogP contribution in [0, 0.1) is 0 Å². The molecule has 0 saturated heterocycles. The van der Waals surface area contributed by atoms with Crippen molar-refractivity contribution in [3.8, 4) is 0 Å². The van der Waals surface area contributed by atoms with E-state index < -0.39 is 49.2 Å². The summed E-state index contributed by atoms with van der Waals surface area (Å²) < 4.78 is 9.64. The van der Waals surface area contributed by atoms with E-state index in [-0.39, 0.29) is 64.7 Å². The normalized spacial score (nSPS) is 16.1. The van der Waals surface area contributed by atoms with Crippen molar-refractivity contribution in [2.75, 3.05) is 79.7 Å². The topological polar surface area (TPSA) is 267 Å². The van der Waals surface area contributed by atoms with Crippen molar-refractivity contribution in [2.45, 2.75) is 44.3 Å². The maximum Gasteiger partial charge on any atom is 0.319 e. The first-order valence-corrected chi connectivity index (χ1v) is 13.1. The lowest BCUT2D eigenvalue weighted by molar-refractivity contribution is -0.146. The minimum atomic E-state index is -1.31. The highest BCUT2D eigenvalue weighted by Crippen LogP contribution is 2.03. The van der Waals surface area contributed by atoms with E-state index in [1.807, 2.05) is 0 Å². The molecule has 0 saturated carbocycles. The minimum Gasteiger partial charge on any atom is -0.500 e. The van der Waals surface area contributed by atoms with Crippen LogP contribution in [0.3, 0.4) is 0 Å². The number of carbonyl (C=O) groups is 2. The summed E-state index contributed by atoms with van der Waals surface area (Å²) in [5, 5.41) is 73.9. The molecule has 0 aliphatic heterocycles. The molecule has 0 aromatic heterocycles. The molecule has 0 bridgehead atoms. The number of rotatable bonds is 25. The first-order chi connectivity index (χ1) is 19.4. The van der Waals surface area contributed by atoms with Crippen molar-refractivity contribution in [3.63, 3.8) is 0 Å². The van der Waals surface area contributed by atoms with Crippen molar-refractivity contribution in [1.82, 2.24) is 36.4 Å². The van der Waals surface area contributed by atoms with Crippen LogP contribution in [0.25, 0.3) is 0 Å². The van der Waals surface area contributed by atoms with E-state index in [4.69, 9.17) is 10.5 Å². The fourth-order valence-corrected chi connectivity index (χ4v) is 3.27. The number of aliphatic hydroxyl groups excluding tert-OH is 6. The van der Waals surface area contributed by atoms with Crippen LogP contribution in [-0.4, -0.2) is 169 Å². The van der Waals surface area contributed by atoms with Gasteiger partial charge in [-0.2, -0.15) is 0 Å². The van der Waals surface area contributed by atoms with Crippen LogP contribution in [0.1, 0.15) is 6.92 Å². The standard InChI is InChI=1S/C23H50N8O10/c1-5-25-17(33)7-26-19(35)12-30(11-15(2)40-3)21(37)10-29-18(34)8-27-20(36)13-31(14-23(39)41-4)22(38)9-28-16(32)6-24/h16-18,20-22,25,27-29,32-34,36-38H,2,5-14,24H2,1,3-4H3,(H,26,35). The van der Waals surface area contributed by atoms with Crippen LogP contribution in [0.5, 0.6) is 0 Å². The maximum atomic E-state index is 12.3. The third-order valence-electron chi connectivity index (χ3n) is 5.60. The van der Waals surface area contributed by atoms with Gasteiger partial charge in [0.1, 0.15) is 43.1 Å². The molecule has 0 radical (unpaired) electrons. The number of likely N-dealkylation sites (N-methyl/N-ethyl adjacent to an activating group) is 1. The maximum absolute atomic E-state index is 12.3. The van der Waals surface area contributed by atoms with Crippen LogP contribution in [0.2, 0.25) is 0 Å². The molecule has 0 aliphatic carbocycles. The zero-order chi connectivity index (χ0) is 31.4. The van der Waals surface area contributed by atoms with Crippen LogP contribution >= 0.6 is 0 Å². The van der Waals surface area contributed by atoms with Gasteiger partial charge in [0.15, 0.2) is 0 Å². The van der Waals surface area contributed by atoms with E-state index in [0.717, 1.165) is 0 Å². The fourth-order valence-electron chi connectivity index (χ4n) is 3.27. The number of esters is 1. The Labute approximate surface area is 240 Å². The van der Waals surface area contributed by atoms with Crippen molar-refractivity contribution >= 4 is 11.9 Å². The summed E-state index contributed by atoms with van der Waals surface area (Å²) >= 11 is 0. The quantitative estimate of drug-likeness (QED) is 0.0264. The Hall–Kier alpha value is -2.04. The summed E-state index contributed by atoms with van der Waals surface area (Å²) in [6.07, 6.45) is -7.10. The molecule has 0 rings (SSSR count). The first-order valence-electron chi connectivity index (χ1n) is 13.1. The van der Waals surface area contributed by atoms with Crippen LogP contribution in [-0.2, 0) is 19.1 Å². The molecule has 1 amide bonds. The molecule has 0 fully saturated rings. The summed E-state index contributed by atoms with van der Waals surface area (Å²) in [6, 6.07) is 0. The van der Waals surface area contributed by atoms with E-state index in [1.54, 1.807) is 6.92 Å².